The Morgan fingerprint density at radius 1 is 1.25 bits per heavy atom. The Hall–Kier alpha value is -0.330. The van der Waals surface area contributed by atoms with Gasteiger partial charge < -0.3 is 0 Å². The summed E-state index contributed by atoms with van der Waals surface area (Å²) in [5, 5.41) is 0. The lowest BCUT2D eigenvalue weighted by molar-refractivity contribution is -0.119. The number of carbonyl (C=O) groups is 1. The molecular weight excluding hydrogens is 148 g/mol. The van der Waals surface area contributed by atoms with E-state index < -0.39 is 0 Å². The smallest absolute Gasteiger partial charge is 0.133 e. The van der Waals surface area contributed by atoms with Gasteiger partial charge in [-0.25, -0.2) is 0 Å². The van der Waals surface area contributed by atoms with Crippen molar-refractivity contribution in [3.8, 4) is 0 Å². The van der Waals surface area contributed by atoms with Crippen molar-refractivity contribution in [2.45, 2.75) is 58.3 Å². The normalized spacial score (nSPS) is 16.4. The van der Waals surface area contributed by atoms with Gasteiger partial charge in [-0.3, -0.25) is 4.79 Å². The summed E-state index contributed by atoms with van der Waals surface area (Å²) in [5.74, 6) is 1.29. The van der Waals surface area contributed by atoms with E-state index in [9.17, 15) is 4.79 Å². The number of rotatable bonds is 7. The zero-order chi connectivity index (χ0) is 8.81. The highest BCUT2D eigenvalue weighted by Crippen LogP contribution is 2.32. The molecule has 1 aliphatic rings. The molecule has 0 aromatic carbocycles. The highest BCUT2D eigenvalue weighted by molar-refractivity contribution is 5.78. The van der Waals surface area contributed by atoms with E-state index in [2.05, 4.69) is 6.92 Å². The number of ketones is 1. The van der Waals surface area contributed by atoms with Crippen molar-refractivity contribution >= 4 is 5.78 Å². The minimum absolute atomic E-state index is 0.508. The SMILES string of the molecule is CCCCCCC(=O)CC1CC1. The lowest BCUT2D eigenvalue weighted by Gasteiger charge is -1.98. The zero-order valence-electron chi connectivity index (χ0n) is 8.14. The van der Waals surface area contributed by atoms with Crippen molar-refractivity contribution in [1.82, 2.24) is 0 Å². The van der Waals surface area contributed by atoms with Gasteiger partial charge in [-0.05, 0) is 25.2 Å². The molecule has 12 heavy (non-hydrogen) atoms. The van der Waals surface area contributed by atoms with Crippen molar-refractivity contribution in [3.63, 3.8) is 0 Å². The monoisotopic (exact) mass is 168 g/mol. The Morgan fingerprint density at radius 3 is 2.58 bits per heavy atom. The number of hydrogen-bond donors (Lipinski definition) is 0. The molecule has 1 saturated carbocycles. The Balaban J connectivity index is 1.87. The van der Waals surface area contributed by atoms with Gasteiger partial charge in [-0.1, -0.05) is 26.2 Å². The Morgan fingerprint density at radius 2 is 2.00 bits per heavy atom. The van der Waals surface area contributed by atoms with Crippen LogP contribution in [0.15, 0.2) is 0 Å². The molecule has 0 radical (unpaired) electrons. The highest BCUT2D eigenvalue weighted by atomic mass is 16.1. The Kier molecular flexibility index (Phi) is 4.34. The van der Waals surface area contributed by atoms with E-state index in [1.807, 2.05) is 0 Å². The van der Waals surface area contributed by atoms with Gasteiger partial charge in [0.2, 0.25) is 0 Å². The summed E-state index contributed by atoms with van der Waals surface area (Å²) in [6.45, 7) is 2.20. The summed E-state index contributed by atoms with van der Waals surface area (Å²) in [6, 6.07) is 0. The summed E-state index contributed by atoms with van der Waals surface area (Å²) in [7, 11) is 0. The maximum Gasteiger partial charge on any atom is 0.133 e. The molecule has 0 heterocycles. The van der Waals surface area contributed by atoms with Crippen LogP contribution in [0.25, 0.3) is 0 Å². The first-order valence-corrected chi connectivity index (χ1v) is 5.34. The van der Waals surface area contributed by atoms with Crippen LogP contribution >= 0.6 is 0 Å². The third-order valence-corrected chi connectivity index (χ3v) is 2.52. The lowest BCUT2D eigenvalue weighted by Crippen LogP contribution is -1.98. The topological polar surface area (TPSA) is 17.1 Å². The van der Waals surface area contributed by atoms with Crippen LogP contribution in [0.5, 0.6) is 0 Å². The molecule has 1 aliphatic carbocycles. The minimum Gasteiger partial charge on any atom is -0.300 e. The van der Waals surface area contributed by atoms with Crippen LogP contribution in [-0.4, -0.2) is 5.78 Å². The molecule has 0 atom stereocenters. The molecule has 0 aromatic rings. The molecule has 0 aliphatic heterocycles. The summed E-state index contributed by atoms with van der Waals surface area (Å²) in [5.41, 5.74) is 0. The predicted octanol–water partition coefficient (Wildman–Crippen LogP) is 3.33. The second-order valence-corrected chi connectivity index (χ2v) is 4.00. The fraction of sp³-hybridized carbons (Fsp3) is 0.909. The molecule has 70 valence electrons. The third-order valence-electron chi connectivity index (χ3n) is 2.52. The molecule has 0 aromatic heterocycles. The average Bonchev–Trinajstić information content (AvgIpc) is 2.82. The van der Waals surface area contributed by atoms with E-state index in [-0.39, 0.29) is 0 Å². The number of Topliss-reactive ketones (excluding diaryl/α,β-unsaturated/α-hetero) is 1. The molecule has 1 heteroatoms. The molecule has 1 fully saturated rings. The van der Waals surface area contributed by atoms with Gasteiger partial charge in [-0.15, -0.1) is 0 Å². The predicted molar refractivity (Wildman–Crippen MR) is 51.1 cm³/mol. The summed E-state index contributed by atoms with van der Waals surface area (Å²) in [6.07, 6.45) is 9.25. The molecule has 0 N–H and O–H groups in total. The van der Waals surface area contributed by atoms with E-state index in [0.29, 0.717) is 5.78 Å². The average molecular weight is 168 g/mol. The Labute approximate surface area is 75.5 Å². The maximum absolute atomic E-state index is 11.3. The third kappa shape index (κ3) is 4.53. The van der Waals surface area contributed by atoms with Crippen molar-refractivity contribution in [3.05, 3.63) is 0 Å². The first-order chi connectivity index (χ1) is 5.83. The summed E-state index contributed by atoms with van der Waals surface area (Å²) >= 11 is 0. The summed E-state index contributed by atoms with van der Waals surface area (Å²) in [4.78, 5) is 11.3. The molecule has 0 unspecified atom stereocenters. The molecular formula is C11H20O. The van der Waals surface area contributed by atoms with Crippen molar-refractivity contribution < 1.29 is 4.79 Å². The quantitative estimate of drug-likeness (QED) is 0.533. The molecule has 0 spiro atoms. The first kappa shape index (κ1) is 9.76. The van der Waals surface area contributed by atoms with Crippen LogP contribution in [0, 0.1) is 5.92 Å². The standard InChI is InChI=1S/C11H20O/c1-2-3-4-5-6-11(12)9-10-7-8-10/h10H,2-9H2,1H3. The van der Waals surface area contributed by atoms with Crippen LogP contribution in [0.3, 0.4) is 0 Å². The zero-order valence-corrected chi connectivity index (χ0v) is 8.14. The fourth-order valence-corrected chi connectivity index (χ4v) is 1.49. The van der Waals surface area contributed by atoms with E-state index in [0.717, 1.165) is 25.2 Å². The Bertz CT molecular complexity index is 136. The van der Waals surface area contributed by atoms with E-state index in [1.54, 1.807) is 0 Å². The molecule has 0 amide bonds. The largest absolute Gasteiger partial charge is 0.300 e. The lowest BCUT2D eigenvalue weighted by atomic mass is 10.1. The van der Waals surface area contributed by atoms with Gasteiger partial charge in [0.15, 0.2) is 0 Å². The van der Waals surface area contributed by atoms with E-state index in [4.69, 9.17) is 0 Å². The molecule has 0 saturated heterocycles. The van der Waals surface area contributed by atoms with Crippen LogP contribution in [0.2, 0.25) is 0 Å². The van der Waals surface area contributed by atoms with Gasteiger partial charge in [-0.2, -0.15) is 0 Å². The van der Waals surface area contributed by atoms with Gasteiger partial charge in [0.25, 0.3) is 0 Å². The van der Waals surface area contributed by atoms with Crippen molar-refractivity contribution in [2.24, 2.45) is 5.92 Å². The van der Waals surface area contributed by atoms with E-state index in [1.165, 1.54) is 32.1 Å². The minimum atomic E-state index is 0.508. The second kappa shape index (κ2) is 5.34. The van der Waals surface area contributed by atoms with Gasteiger partial charge >= 0.3 is 0 Å². The number of hydrogen-bond acceptors (Lipinski definition) is 1. The van der Waals surface area contributed by atoms with Crippen LogP contribution in [-0.2, 0) is 4.79 Å². The molecule has 0 bridgehead atoms. The van der Waals surface area contributed by atoms with Crippen LogP contribution in [0.4, 0.5) is 0 Å². The molecule has 1 nitrogen and oxygen atoms in total. The van der Waals surface area contributed by atoms with Gasteiger partial charge in [0.1, 0.15) is 5.78 Å². The molecule has 1 rings (SSSR count). The van der Waals surface area contributed by atoms with E-state index >= 15 is 0 Å². The summed E-state index contributed by atoms with van der Waals surface area (Å²) < 4.78 is 0. The van der Waals surface area contributed by atoms with Gasteiger partial charge in [0, 0.05) is 12.8 Å². The maximum atomic E-state index is 11.3. The highest BCUT2D eigenvalue weighted by Gasteiger charge is 2.23. The van der Waals surface area contributed by atoms with Crippen molar-refractivity contribution in [2.75, 3.05) is 0 Å². The number of unbranched alkanes of at least 4 members (excludes halogenated alkanes) is 3. The fourth-order valence-electron chi connectivity index (χ4n) is 1.49. The van der Waals surface area contributed by atoms with Crippen molar-refractivity contribution in [1.29, 1.82) is 0 Å². The first-order valence-electron chi connectivity index (χ1n) is 5.34. The second-order valence-electron chi connectivity index (χ2n) is 4.00. The van der Waals surface area contributed by atoms with Crippen LogP contribution < -0.4 is 0 Å². The van der Waals surface area contributed by atoms with Crippen LogP contribution in [0.1, 0.15) is 58.3 Å². The van der Waals surface area contributed by atoms with Gasteiger partial charge in [0.05, 0.1) is 0 Å². The number of carbonyl (C=O) groups excluding carboxylic acids is 1.